The molecule has 5 nitrogen and oxygen atoms in total. The van der Waals surface area contributed by atoms with Crippen LogP contribution >= 0.6 is 11.6 Å². The molecule has 2 aromatic rings. The van der Waals surface area contributed by atoms with Gasteiger partial charge in [0, 0.05) is 17.3 Å². The van der Waals surface area contributed by atoms with Crippen LogP contribution in [-0.2, 0) is 6.42 Å². The third-order valence-electron chi connectivity index (χ3n) is 2.96. The minimum Gasteiger partial charge on any atom is -0.867 e. The number of hydrogen-bond acceptors (Lipinski definition) is 4. The average molecular weight is 304 g/mol. The first kappa shape index (κ1) is 15.0. The first-order valence-electron chi connectivity index (χ1n) is 6.29. The van der Waals surface area contributed by atoms with Gasteiger partial charge in [0.2, 0.25) is 0 Å². The Balaban J connectivity index is 2.33. The monoisotopic (exact) mass is 303 g/mol. The van der Waals surface area contributed by atoms with E-state index in [0.717, 1.165) is 12.5 Å². The zero-order valence-corrected chi connectivity index (χ0v) is 12.0. The highest BCUT2D eigenvalue weighted by atomic mass is 35.5. The Hall–Kier alpha value is -2.40. The molecule has 0 aromatic heterocycles. The van der Waals surface area contributed by atoms with Gasteiger partial charge in [-0.25, -0.2) is 0 Å². The standard InChI is InChI=1S/C15H13ClN2O3/c1-2-10-3-5-13(6-4-10)17-9-11-7-12(16)8-14(15(11)19)18(20)21/h3-9,19H,2H2,1H3/p-1. The molecule has 108 valence electrons. The van der Waals surface area contributed by atoms with Crippen LogP contribution in [0.3, 0.4) is 0 Å². The molecule has 2 rings (SSSR count). The van der Waals surface area contributed by atoms with E-state index in [0.29, 0.717) is 5.69 Å². The molecule has 21 heavy (non-hydrogen) atoms. The van der Waals surface area contributed by atoms with Crippen LogP contribution in [0.15, 0.2) is 41.4 Å². The van der Waals surface area contributed by atoms with E-state index in [1.807, 2.05) is 31.2 Å². The number of nitro benzene ring substituents is 1. The van der Waals surface area contributed by atoms with Gasteiger partial charge in [0.05, 0.1) is 10.6 Å². The van der Waals surface area contributed by atoms with Gasteiger partial charge in [-0.15, -0.1) is 0 Å². The summed E-state index contributed by atoms with van der Waals surface area (Å²) >= 11 is 5.78. The summed E-state index contributed by atoms with van der Waals surface area (Å²) in [6, 6.07) is 9.91. The summed E-state index contributed by atoms with van der Waals surface area (Å²) in [6.07, 6.45) is 2.22. The lowest BCUT2D eigenvalue weighted by Crippen LogP contribution is -2.02. The van der Waals surface area contributed by atoms with E-state index in [9.17, 15) is 15.2 Å². The molecule has 0 radical (unpaired) electrons. The van der Waals surface area contributed by atoms with Gasteiger partial charge in [-0.3, -0.25) is 15.1 Å². The van der Waals surface area contributed by atoms with Gasteiger partial charge in [0.25, 0.3) is 5.69 Å². The van der Waals surface area contributed by atoms with Gasteiger partial charge in [-0.05, 0) is 41.5 Å². The molecule has 0 aliphatic heterocycles. The number of nitro groups is 1. The maximum Gasteiger partial charge on any atom is 0.263 e. The van der Waals surface area contributed by atoms with Crippen molar-refractivity contribution in [2.45, 2.75) is 13.3 Å². The average Bonchev–Trinajstić information content (AvgIpc) is 2.48. The minimum absolute atomic E-state index is 0.0915. The summed E-state index contributed by atoms with van der Waals surface area (Å²) < 4.78 is 0. The quantitative estimate of drug-likeness (QED) is 0.491. The summed E-state index contributed by atoms with van der Waals surface area (Å²) in [4.78, 5) is 14.2. The van der Waals surface area contributed by atoms with Crippen LogP contribution in [-0.4, -0.2) is 11.1 Å². The molecule has 0 saturated heterocycles. The van der Waals surface area contributed by atoms with Crippen LogP contribution in [0.1, 0.15) is 18.1 Å². The second-order valence-corrected chi connectivity index (χ2v) is 4.82. The number of halogens is 1. The third-order valence-corrected chi connectivity index (χ3v) is 3.18. The van der Waals surface area contributed by atoms with Crippen molar-refractivity contribution in [1.29, 1.82) is 0 Å². The highest BCUT2D eigenvalue weighted by Gasteiger charge is 2.11. The van der Waals surface area contributed by atoms with Crippen molar-refractivity contribution in [2.24, 2.45) is 4.99 Å². The van der Waals surface area contributed by atoms with Crippen molar-refractivity contribution >= 4 is 29.2 Å². The van der Waals surface area contributed by atoms with Crippen LogP contribution in [0.4, 0.5) is 11.4 Å². The van der Waals surface area contributed by atoms with Crippen LogP contribution < -0.4 is 5.11 Å². The highest BCUT2D eigenvalue weighted by Crippen LogP contribution is 2.30. The number of aliphatic imine (C=N–C) groups is 1. The van der Waals surface area contributed by atoms with Crippen molar-refractivity contribution in [3.05, 3.63) is 62.7 Å². The molecule has 0 unspecified atom stereocenters. The predicted molar refractivity (Wildman–Crippen MR) is 80.6 cm³/mol. The van der Waals surface area contributed by atoms with E-state index in [-0.39, 0.29) is 10.6 Å². The van der Waals surface area contributed by atoms with Gasteiger partial charge in [-0.2, -0.15) is 0 Å². The maximum atomic E-state index is 11.9. The fourth-order valence-corrected chi connectivity index (χ4v) is 2.01. The number of aryl methyl sites for hydroxylation is 1. The first-order chi connectivity index (χ1) is 10.0. The second-order valence-electron chi connectivity index (χ2n) is 4.38. The van der Waals surface area contributed by atoms with Gasteiger partial charge >= 0.3 is 0 Å². The molecule has 0 spiro atoms. The molecule has 6 heteroatoms. The lowest BCUT2D eigenvalue weighted by molar-refractivity contribution is -0.398. The van der Waals surface area contributed by atoms with Gasteiger partial charge in [0.15, 0.2) is 0 Å². The SMILES string of the molecule is CCc1ccc(N=Cc2cc(Cl)cc([N+](=O)[O-])c2[O-])cc1. The molecule has 0 heterocycles. The molecule has 0 amide bonds. The number of nitrogens with zero attached hydrogens (tertiary/aromatic N) is 2. The number of benzene rings is 2. The fourth-order valence-electron chi connectivity index (χ4n) is 1.79. The normalized spacial score (nSPS) is 11.0. The van der Waals surface area contributed by atoms with Crippen LogP contribution in [0.5, 0.6) is 5.75 Å². The van der Waals surface area contributed by atoms with Crippen molar-refractivity contribution in [3.63, 3.8) is 0 Å². The summed E-state index contributed by atoms with van der Waals surface area (Å²) in [6.45, 7) is 2.05. The maximum absolute atomic E-state index is 11.9. The summed E-state index contributed by atoms with van der Waals surface area (Å²) in [5, 5.41) is 22.8. The highest BCUT2D eigenvalue weighted by molar-refractivity contribution is 6.31. The van der Waals surface area contributed by atoms with E-state index in [1.54, 1.807) is 0 Å². The molecule has 0 N–H and O–H groups in total. The van der Waals surface area contributed by atoms with Crippen molar-refractivity contribution in [2.75, 3.05) is 0 Å². The largest absolute Gasteiger partial charge is 0.867 e. The molecule has 0 saturated carbocycles. The van der Waals surface area contributed by atoms with Crippen LogP contribution in [0.25, 0.3) is 0 Å². The first-order valence-corrected chi connectivity index (χ1v) is 6.67. The predicted octanol–water partition coefficient (Wildman–Crippen LogP) is 3.63. The van der Waals surface area contributed by atoms with E-state index in [4.69, 9.17) is 11.6 Å². The zero-order valence-electron chi connectivity index (χ0n) is 11.2. The molecule has 0 aliphatic carbocycles. The van der Waals surface area contributed by atoms with Crippen LogP contribution in [0.2, 0.25) is 5.02 Å². The molecule has 0 bridgehead atoms. The summed E-state index contributed by atoms with van der Waals surface area (Å²) in [7, 11) is 0. The van der Waals surface area contributed by atoms with Crippen molar-refractivity contribution in [1.82, 2.24) is 0 Å². The molecule has 0 aliphatic rings. The number of hydrogen-bond donors (Lipinski definition) is 0. The lowest BCUT2D eigenvalue weighted by atomic mass is 10.1. The molecule has 0 fully saturated rings. The van der Waals surface area contributed by atoms with Crippen molar-refractivity contribution in [3.8, 4) is 5.75 Å². The van der Waals surface area contributed by atoms with E-state index < -0.39 is 16.4 Å². The number of rotatable bonds is 4. The van der Waals surface area contributed by atoms with E-state index >= 15 is 0 Å². The Labute approximate surface area is 126 Å². The minimum atomic E-state index is -0.748. The van der Waals surface area contributed by atoms with Gasteiger partial charge in [0.1, 0.15) is 0 Å². The topological polar surface area (TPSA) is 78.6 Å². The van der Waals surface area contributed by atoms with Gasteiger partial charge < -0.3 is 5.11 Å². The lowest BCUT2D eigenvalue weighted by Gasteiger charge is -2.10. The Kier molecular flexibility index (Phi) is 4.55. The fraction of sp³-hybridized carbons (Fsp3) is 0.133. The Morgan fingerprint density at radius 3 is 2.52 bits per heavy atom. The van der Waals surface area contributed by atoms with E-state index in [2.05, 4.69) is 4.99 Å². The van der Waals surface area contributed by atoms with E-state index in [1.165, 1.54) is 17.8 Å². The Bertz CT molecular complexity index is 697. The Morgan fingerprint density at radius 1 is 1.29 bits per heavy atom. The molecular weight excluding hydrogens is 292 g/mol. The third kappa shape index (κ3) is 3.58. The second kappa shape index (κ2) is 6.37. The van der Waals surface area contributed by atoms with Crippen molar-refractivity contribution < 1.29 is 10.0 Å². The summed E-state index contributed by atoms with van der Waals surface area (Å²) in [5.41, 5.74) is 1.38. The van der Waals surface area contributed by atoms with Crippen LogP contribution in [0, 0.1) is 10.1 Å². The smallest absolute Gasteiger partial charge is 0.263 e. The molecule has 2 aromatic carbocycles. The zero-order chi connectivity index (χ0) is 15.4. The molecular formula is C15H12ClN2O3-. The van der Waals surface area contributed by atoms with Gasteiger partial charge in [-0.1, -0.05) is 30.7 Å². The summed E-state index contributed by atoms with van der Waals surface area (Å²) in [5.74, 6) is -0.696. The molecule has 0 atom stereocenters. The Morgan fingerprint density at radius 2 is 1.95 bits per heavy atom.